The molecular weight excluding hydrogens is 736 g/mol. The predicted molar refractivity (Wildman–Crippen MR) is 165 cm³/mol. The monoisotopic (exact) mass is 761 g/mol. The van der Waals surface area contributed by atoms with E-state index in [1.54, 1.807) is 6.92 Å². The van der Waals surface area contributed by atoms with Crippen molar-refractivity contribution in [2.24, 2.45) is 0 Å². The van der Waals surface area contributed by atoms with Gasteiger partial charge in [-0.2, -0.15) is 26.3 Å². The van der Waals surface area contributed by atoms with E-state index in [1.807, 2.05) is 0 Å². The van der Waals surface area contributed by atoms with Crippen molar-refractivity contribution in [1.82, 2.24) is 14.9 Å². The molecule has 4 aromatic rings. The highest BCUT2D eigenvalue weighted by molar-refractivity contribution is 7.91. The molecule has 21 heteroatoms. The number of hydrogen-bond donors (Lipinski definition) is 4. The average molecular weight is 762 g/mol. The molecule has 272 valence electrons. The molecule has 0 saturated carbocycles. The summed E-state index contributed by atoms with van der Waals surface area (Å²) in [7, 11) is -8.34. The smallest absolute Gasteiger partial charge is 0.416 e. The maximum absolute atomic E-state index is 12.6. The fraction of sp³-hybridized carbons (Fsp3) is 0.200. The SMILES string of the molecule is CC1(O)CN(C(=O)c2ncc(S(=O)(=O)c3ccc(C(F)(F)F)cc3)cc2N)C1.Nc1cc(S(=O)(=O)c2ccc(C(F)(F)F)cc2)cnc1C(=O)O. The van der Waals surface area contributed by atoms with Gasteiger partial charge in [-0.15, -0.1) is 0 Å². The number of pyridine rings is 2. The van der Waals surface area contributed by atoms with Crippen molar-refractivity contribution in [3.05, 3.63) is 95.6 Å². The van der Waals surface area contributed by atoms with Gasteiger partial charge in [-0.05, 0) is 67.6 Å². The van der Waals surface area contributed by atoms with Crippen LogP contribution in [0.4, 0.5) is 37.7 Å². The van der Waals surface area contributed by atoms with E-state index in [2.05, 4.69) is 9.97 Å². The molecule has 3 heterocycles. The van der Waals surface area contributed by atoms with E-state index < -0.39 is 76.1 Å². The first-order valence-corrected chi connectivity index (χ1v) is 16.9. The molecule has 0 bridgehead atoms. The number of carboxylic acids is 1. The number of nitrogens with two attached hydrogens (primary N) is 2. The molecule has 2 aromatic heterocycles. The number of benzene rings is 2. The van der Waals surface area contributed by atoms with Gasteiger partial charge in [0.1, 0.15) is 0 Å². The highest BCUT2D eigenvalue weighted by atomic mass is 32.2. The molecule has 1 saturated heterocycles. The Labute approximate surface area is 285 Å². The third kappa shape index (κ3) is 8.37. The summed E-state index contributed by atoms with van der Waals surface area (Å²) in [6.07, 6.45) is -7.46. The van der Waals surface area contributed by atoms with Crippen molar-refractivity contribution in [2.75, 3.05) is 24.6 Å². The minimum Gasteiger partial charge on any atom is -0.476 e. The second-order valence-corrected chi connectivity index (χ2v) is 15.1. The minimum absolute atomic E-state index is 0.0958. The van der Waals surface area contributed by atoms with E-state index >= 15 is 0 Å². The van der Waals surface area contributed by atoms with E-state index in [-0.39, 0.29) is 39.9 Å². The summed E-state index contributed by atoms with van der Waals surface area (Å²) in [5.41, 5.74) is 7.00. The maximum Gasteiger partial charge on any atom is 0.416 e. The summed E-state index contributed by atoms with van der Waals surface area (Å²) in [5.74, 6) is -1.98. The van der Waals surface area contributed by atoms with Crippen molar-refractivity contribution in [3.8, 4) is 0 Å². The van der Waals surface area contributed by atoms with E-state index in [0.29, 0.717) is 24.3 Å². The molecule has 0 aliphatic carbocycles. The van der Waals surface area contributed by atoms with Crippen molar-refractivity contribution in [1.29, 1.82) is 0 Å². The summed E-state index contributed by atoms with van der Waals surface area (Å²) in [6, 6.07) is 7.82. The van der Waals surface area contributed by atoms with Crippen LogP contribution in [0.25, 0.3) is 0 Å². The molecule has 13 nitrogen and oxygen atoms in total. The Bertz CT molecular complexity index is 2200. The van der Waals surface area contributed by atoms with Crippen LogP contribution in [0.2, 0.25) is 0 Å². The van der Waals surface area contributed by atoms with E-state index in [9.17, 15) is 57.9 Å². The standard InChI is InChI=1S/C17H16F3N3O4S.C13H9F3N2O4S/c1-16(25)8-23(9-16)15(24)14-13(21)6-12(7-22-14)28(26,27)11-4-2-10(3-5-11)17(18,19)20;14-13(15,16)7-1-3-8(4-2-7)23(21,22)9-5-10(17)11(12(19)20)18-6-9/h2-7,25H,8-9,21H2,1H3;1-6H,17H2,(H,19,20). The molecule has 2 aromatic carbocycles. The number of nitrogens with zero attached hydrogens (tertiary/aromatic N) is 3. The lowest BCUT2D eigenvalue weighted by molar-refractivity contribution is -0.138. The lowest BCUT2D eigenvalue weighted by Crippen LogP contribution is -2.61. The van der Waals surface area contributed by atoms with Crippen LogP contribution in [0.15, 0.2) is 92.6 Å². The molecule has 0 atom stereocenters. The van der Waals surface area contributed by atoms with E-state index in [1.165, 1.54) is 4.90 Å². The largest absolute Gasteiger partial charge is 0.476 e. The van der Waals surface area contributed by atoms with Crippen LogP contribution in [0.1, 0.15) is 39.0 Å². The van der Waals surface area contributed by atoms with Gasteiger partial charge in [0.15, 0.2) is 11.4 Å². The van der Waals surface area contributed by atoms with Gasteiger partial charge >= 0.3 is 18.3 Å². The summed E-state index contributed by atoms with van der Waals surface area (Å²) in [5, 5.41) is 18.5. The van der Waals surface area contributed by atoms with Gasteiger partial charge in [0.2, 0.25) is 19.7 Å². The van der Waals surface area contributed by atoms with Crippen LogP contribution in [0, 0.1) is 0 Å². The van der Waals surface area contributed by atoms with Gasteiger partial charge in [0.25, 0.3) is 5.91 Å². The molecule has 51 heavy (non-hydrogen) atoms. The van der Waals surface area contributed by atoms with Crippen LogP contribution < -0.4 is 11.5 Å². The number of alkyl halides is 6. The number of carbonyl (C=O) groups is 2. The van der Waals surface area contributed by atoms with Crippen molar-refractivity contribution in [2.45, 2.75) is 44.5 Å². The average Bonchev–Trinajstić information content (AvgIpc) is 3.02. The number of amides is 1. The third-order valence-corrected chi connectivity index (χ3v) is 10.6. The second kappa shape index (κ2) is 13.5. The molecule has 0 radical (unpaired) electrons. The Balaban J connectivity index is 0.000000233. The van der Waals surface area contributed by atoms with Gasteiger partial charge in [0.05, 0.1) is 60.8 Å². The first kappa shape index (κ1) is 38.5. The van der Waals surface area contributed by atoms with Gasteiger partial charge in [0, 0.05) is 12.4 Å². The third-order valence-electron chi connectivity index (χ3n) is 7.14. The van der Waals surface area contributed by atoms with Gasteiger partial charge in [-0.1, -0.05) is 0 Å². The van der Waals surface area contributed by atoms with Crippen molar-refractivity contribution < 1.29 is 63.0 Å². The Morgan fingerprint density at radius 2 is 1.06 bits per heavy atom. The number of anilines is 2. The zero-order chi connectivity index (χ0) is 38.3. The van der Waals surface area contributed by atoms with Gasteiger partial charge in [-0.3, -0.25) is 4.79 Å². The highest BCUT2D eigenvalue weighted by Gasteiger charge is 2.41. The number of aromatic nitrogens is 2. The molecule has 5 rings (SSSR count). The summed E-state index contributed by atoms with van der Waals surface area (Å²) in [4.78, 5) is 30.1. The Hall–Kier alpha value is -5.28. The van der Waals surface area contributed by atoms with Crippen LogP contribution >= 0.6 is 0 Å². The number of aliphatic hydroxyl groups is 1. The van der Waals surface area contributed by atoms with Gasteiger partial charge < -0.3 is 26.6 Å². The second-order valence-electron chi connectivity index (χ2n) is 11.2. The molecular formula is C30H25F6N5O8S2. The summed E-state index contributed by atoms with van der Waals surface area (Å²) in [6.45, 7) is 1.75. The molecule has 1 fully saturated rings. The normalized spacial score (nSPS) is 14.5. The zero-order valence-corrected chi connectivity index (χ0v) is 27.4. The number of rotatable bonds is 6. The molecule has 6 N–H and O–H groups in total. The topological polar surface area (TPSA) is 224 Å². The molecule has 1 aliphatic rings. The molecule has 1 amide bonds. The lowest BCUT2D eigenvalue weighted by atomic mass is 9.96. The quantitative estimate of drug-likeness (QED) is 0.205. The summed E-state index contributed by atoms with van der Waals surface area (Å²) < 4.78 is 125. The van der Waals surface area contributed by atoms with Crippen molar-refractivity contribution >= 4 is 42.9 Å². The zero-order valence-electron chi connectivity index (χ0n) is 25.8. The fourth-order valence-corrected chi connectivity index (χ4v) is 7.04. The van der Waals surface area contributed by atoms with E-state index in [0.717, 1.165) is 48.8 Å². The van der Waals surface area contributed by atoms with E-state index in [4.69, 9.17) is 16.6 Å². The molecule has 1 aliphatic heterocycles. The number of β-amino-alcohol motifs (C(OH)–C–C–N with tert-alkyl or cyclic N) is 1. The maximum atomic E-state index is 12.6. The van der Waals surface area contributed by atoms with Crippen LogP contribution in [0.5, 0.6) is 0 Å². The van der Waals surface area contributed by atoms with Gasteiger partial charge in [-0.25, -0.2) is 31.6 Å². The first-order valence-electron chi connectivity index (χ1n) is 14.0. The van der Waals surface area contributed by atoms with Crippen LogP contribution in [-0.4, -0.2) is 72.5 Å². The Morgan fingerprint density at radius 3 is 1.35 bits per heavy atom. The predicted octanol–water partition coefficient (Wildman–Crippen LogP) is 3.94. The number of halogens is 6. The number of sulfone groups is 2. The van der Waals surface area contributed by atoms with Crippen LogP contribution in [-0.2, 0) is 32.0 Å². The number of likely N-dealkylation sites (tertiary alicyclic amines) is 1. The lowest BCUT2D eigenvalue weighted by Gasteiger charge is -2.44. The number of carbonyl (C=O) groups excluding carboxylic acids is 1. The highest BCUT2D eigenvalue weighted by Crippen LogP contribution is 2.33. The number of nitrogen functional groups attached to an aromatic ring is 2. The molecule has 0 unspecified atom stereocenters. The first-order chi connectivity index (χ1) is 23.3. The fourth-order valence-electron chi connectivity index (χ4n) is 4.56. The Kier molecular flexibility index (Phi) is 10.2. The molecule has 0 spiro atoms. The minimum atomic E-state index is -4.59. The van der Waals surface area contributed by atoms with Crippen molar-refractivity contribution in [3.63, 3.8) is 0 Å². The Morgan fingerprint density at radius 1 is 0.706 bits per heavy atom. The number of carboxylic acid groups (broad SMARTS) is 1. The number of aromatic carboxylic acids is 1. The number of hydrogen-bond acceptors (Lipinski definition) is 11. The van der Waals surface area contributed by atoms with Crippen LogP contribution in [0.3, 0.4) is 0 Å². The summed E-state index contributed by atoms with van der Waals surface area (Å²) >= 11 is 0.